The van der Waals surface area contributed by atoms with Crippen molar-refractivity contribution in [1.29, 1.82) is 0 Å². The minimum absolute atomic E-state index is 0.226. The number of carbonyl (C=O) groups excluding carboxylic acids is 2. The van der Waals surface area contributed by atoms with Gasteiger partial charge in [-0.2, -0.15) is 5.10 Å². The molecule has 0 aliphatic carbocycles. The molecule has 7 heterocycles. The number of amidine groups is 1. The second-order valence-corrected chi connectivity index (χ2v) is 16.0. The molecular weight excluding hydrogens is 735 g/mol. The van der Waals surface area contributed by atoms with Crippen molar-refractivity contribution >= 4 is 45.9 Å². The fourth-order valence-corrected chi connectivity index (χ4v) is 9.02. The Morgan fingerprint density at radius 3 is 2.38 bits per heavy atom. The first-order valence-electron chi connectivity index (χ1n) is 20.3. The monoisotopic (exact) mass is 781 g/mol. The molecule has 3 aromatic carbocycles. The van der Waals surface area contributed by atoms with Crippen LogP contribution in [-0.4, -0.2) is 116 Å². The van der Waals surface area contributed by atoms with Crippen LogP contribution in [0.3, 0.4) is 0 Å². The van der Waals surface area contributed by atoms with Crippen LogP contribution in [0.4, 0.5) is 17.2 Å². The van der Waals surface area contributed by atoms with Crippen LogP contribution < -0.4 is 20.7 Å². The lowest BCUT2D eigenvalue weighted by Gasteiger charge is -2.55. The van der Waals surface area contributed by atoms with Crippen LogP contribution in [0.15, 0.2) is 84.1 Å². The molecular formula is C43H47N11O4. The number of likely N-dealkylation sites (tertiary alicyclic amines) is 2. The van der Waals surface area contributed by atoms with E-state index in [1.807, 2.05) is 66.4 Å². The third-order valence-electron chi connectivity index (χ3n) is 12.5. The molecule has 0 radical (unpaired) electrons. The number of hydrogen-bond donors (Lipinski definition) is 2. The maximum absolute atomic E-state index is 12.6. The summed E-state index contributed by atoms with van der Waals surface area (Å²) in [5.41, 5.74) is 12.0. The topological polar surface area (TPSA) is 160 Å². The van der Waals surface area contributed by atoms with Crippen molar-refractivity contribution in [3.05, 3.63) is 84.7 Å². The zero-order valence-electron chi connectivity index (χ0n) is 32.5. The van der Waals surface area contributed by atoms with Crippen molar-refractivity contribution in [3.8, 4) is 22.8 Å². The number of carbonyl (C=O) groups is 2. The van der Waals surface area contributed by atoms with E-state index in [-0.39, 0.29) is 24.6 Å². The number of ether oxygens (including phenoxy) is 2. The van der Waals surface area contributed by atoms with Crippen molar-refractivity contribution in [3.63, 3.8) is 0 Å². The Morgan fingerprint density at radius 1 is 0.845 bits per heavy atom. The zero-order valence-corrected chi connectivity index (χ0v) is 32.5. The van der Waals surface area contributed by atoms with E-state index in [0.717, 1.165) is 103 Å². The number of fused-ring (bicyclic) bond motifs is 2. The van der Waals surface area contributed by atoms with E-state index in [2.05, 4.69) is 52.9 Å². The summed E-state index contributed by atoms with van der Waals surface area (Å²) in [6.45, 7) is 8.75. The number of anilines is 2. The van der Waals surface area contributed by atoms with Crippen LogP contribution in [0.2, 0.25) is 0 Å². The normalized spacial score (nSPS) is 21.5. The van der Waals surface area contributed by atoms with Crippen LogP contribution in [0.5, 0.6) is 11.5 Å². The lowest BCUT2D eigenvalue weighted by Crippen LogP contribution is -2.70. The number of nitrogens with one attached hydrogen (secondary N) is 1. The van der Waals surface area contributed by atoms with Gasteiger partial charge in [0.2, 0.25) is 11.8 Å². The molecule has 4 fully saturated rings. The lowest BCUT2D eigenvalue weighted by molar-refractivity contribution is -0.137. The second kappa shape index (κ2) is 15.1. The largest absolute Gasteiger partial charge is 0.457 e. The Labute approximate surface area is 336 Å². The molecule has 5 aromatic rings. The molecule has 58 heavy (non-hydrogen) atoms. The van der Waals surface area contributed by atoms with Crippen LogP contribution >= 0.6 is 0 Å². The summed E-state index contributed by atoms with van der Waals surface area (Å²) in [4.78, 5) is 47.8. The highest BCUT2D eigenvalue weighted by molar-refractivity contribution is 6.02. The van der Waals surface area contributed by atoms with Crippen molar-refractivity contribution in [1.82, 2.24) is 39.8 Å². The molecule has 2 aromatic heterocycles. The first kappa shape index (κ1) is 36.4. The van der Waals surface area contributed by atoms with Gasteiger partial charge in [0.15, 0.2) is 5.65 Å². The summed E-state index contributed by atoms with van der Waals surface area (Å²) in [6.07, 6.45) is 4.29. The van der Waals surface area contributed by atoms with Gasteiger partial charge in [-0.05, 0) is 74.7 Å². The molecule has 4 saturated heterocycles. The molecule has 1 unspecified atom stereocenters. The molecule has 0 saturated carbocycles. The van der Waals surface area contributed by atoms with Gasteiger partial charge in [0.05, 0.1) is 23.7 Å². The average molecular weight is 782 g/mol. The molecule has 5 aliphatic rings. The zero-order chi connectivity index (χ0) is 39.3. The van der Waals surface area contributed by atoms with Crippen LogP contribution in [0.25, 0.3) is 22.3 Å². The quantitative estimate of drug-likeness (QED) is 0.209. The minimum Gasteiger partial charge on any atom is -0.457 e. The first-order valence-corrected chi connectivity index (χ1v) is 20.3. The summed E-state index contributed by atoms with van der Waals surface area (Å²) in [5.74, 6) is 2.17. The van der Waals surface area contributed by atoms with Crippen LogP contribution in [-0.2, 0) is 20.9 Å². The summed E-state index contributed by atoms with van der Waals surface area (Å²) in [7, 11) is 0. The van der Waals surface area contributed by atoms with Gasteiger partial charge in [0, 0.05) is 74.6 Å². The highest BCUT2D eigenvalue weighted by Gasteiger charge is 2.42. The Bertz CT molecular complexity index is 2370. The summed E-state index contributed by atoms with van der Waals surface area (Å²) in [6, 6.07) is 25.0. The number of piperidine rings is 2. The number of aliphatic imine (C=N–C) groups is 1. The van der Waals surface area contributed by atoms with E-state index in [0.29, 0.717) is 43.2 Å². The number of aromatic nitrogens is 4. The number of nitrogen functional groups attached to an aromatic ring is 1. The van der Waals surface area contributed by atoms with Crippen LogP contribution in [0.1, 0.15) is 44.2 Å². The van der Waals surface area contributed by atoms with Crippen molar-refractivity contribution in [2.24, 2.45) is 4.99 Å². The number of nitrogens with two attached hydrogens (primary N) is 1. The average Bonchev–Trinajstić information content (AvgIpc) is 3.59. The van der Waals surface area contributed by atoms with Crippen molar-refractivity contribution in [2.75, 3.05) is 56.6 Å². The molecule has 15 nitrogen and oxygen atoms in total. The molecule has 1 atom stereocenters. The molecule has 3 N–H and O–H groups in total. The van der Waals surface area contributed by atoms with Crippen molar-refractivity contribution in [2.45, 2.75) is 63.4 Å². The van der Waals surface area contributed by atoms with Gasteiger partial charge < -0.3 is 25.0 Å². The Kier molecular flexibility index (Phi) is 9.50. The fraction of sp³-hybridized carbons (Fsp3) is 0.395. The molecule has 2 amide bonds. The summed E-state index contributed by atoms with van der Waals surface area (Å²) >= 11 is 0. The molecule has 5 aliphatic heterocycles. The number of benzene rings is 3. The Morgan fingerprint density at radius 2 is 1.60 bits per heavy atom. The van der Waals surface area contributed by atoms with E-state index in [9.17, 15) is 9.59 Å². The molecule has 298 valence electrons. The van der Waals surface area contributed by atoms with E-state index < -0.39 is 6.04 Å². The third kappa shape index (κ3) is 6.92. The van der Waals surface area contributed by atoms with Crippen molar-refractivity contribution < 1.29 is 19.1 Å². The highest BCUT2D eigenvalue weighted by Crippen LogP contribution is 2.37. The molecule has 10 rings (SSSR count). The summed E-state index contributed by atoms with van der Waals surface area (Å²) in [5, 5.41) is 8.38. The van der Waals surface area contributed by atoms with E-state index in [4.69, 9.17) is 25.3 Å². The number of rotatable bonds is 8. The second-order valence-electron chi connectivity index (χ2n) is 16.0. The molecule has 0 bridgehead atoms. The smallest absolute Gasteiger partial charge is 0.249 e. The van der Waals surface area contributed by atoms with Crippen LogP contribution in [0, 0.1) is 0 Å². The maximum Gasteiger partial charge on any atom is 0.249 e. The van der Waals surface area contributed by atoms with E-state index in [1.165, 1.54) is 6.33 Å². The maximum atomic E-state index is 12.6. The Balaban J connectivity index is 0.738. The van der Waals surface area contributed by atoms with Gasteiger partial charge in [-0.15, -0.1) is 0 Å². The number of amides is 2. The number of hydrogen-bond acceptors (Lipinski definition) is 13. The van der Waals surface area contributed by atoms with Gasteiger partial charge in [0.25, 0.3) is 0 Å². The van der Waals surface area contributed by atoms with Gasteiger partial charge in [0.1, 0.15) is 47.9 Å². The number of nitrogens with zero attached hydrogens (tertiary/aromatic N) is 9. The van der Waals surface area contributed by atoms with Gasteiger partial charge in [-0.25, -0.2) is 19.6 Å². The van der Waals surface area contributed by atoms with Gasteiger partial charge >= 0.3 is 0 Å². The lowest BCUT2D eigenvalue weighted by atomic mass is 9.95. The molecule has 0 spiro atoms. The SMILES string of the molecule is CC1=Nc2cc(N3CC(N4CC(N5CCC(n6nc(-c7ccc(Oc8ccccc8)cc7)c7c(N)ncnc76)CC5)C4)C3)ccc2COCN1C1CCC(=O)NC1=O. The summed E-state index contributed by atoms with van der Waals surface area (Å²) < 4.78 is 14.1. The number of imide groups is 1. The fourth-order valence-electron chi connectivity index (χ4n) is 9.02. The van der Waals surface area contributed by atoms with E-state index in [1.54, 1.807) is 0 Å². The first-order chi connectivity index (χ1) is 28.3. The van der Waals surface area contributed by atoms with Gasteiger partial charge in [-0.1, -0.05) is 24.3 Å². The predicted octanol–water partition coefficient (Wildman–Crippen LogP) is 4.72. The molecule has 15 heteroatoms. The minimum atomic E-state index is -0.467. The Hall–Kier alpha value is -5.90. The van der Waals surface area contributed by atoms with E-state index >= 15 is 0 Å². The predicted molar refractivity (Wildman–Crippen MR) is 220 cm³/mol. The highest BCUT2D eigenvalue weighted by atomic mass is 16.5. The number of para-hydroxylation sites is 1. The standard InChI is InChI=1S/C43H47N11O4/c1-27-47-36-19-31(10-7-29(36)24-57-26-53(27)37-13-14-38(55)48-43(37)56)51-22-33(23-51)52-20-32(21-52)50-17-15-30(16-18-50)54-42-39(41(44)45-25-46-42)40(49-54)28-8-11-35(12-9-28)58-34-5-3-2-4-6-34/h2-12,19,25,30,32-33,37H,13-18,20-24,26H2,1H3,(H2,44,45,46)(H,48,55,56). The van der Waals surface area contributed by atoms with Gasteiger partial charge in [-0.3, -0.25) is 24.7 Å². The third-order valence-corrected chi connectivity index (χ3v) is 12.5.